The fraction of sp³-hybridized carbons (Fsp3) is 0.120. The van der Waals surface area contributed by atoms with E-state index in [4.69, 9.17) is 5.11 Å². The zero-order valence-electron chi connectivity index (χ0n) is 18.6. The summed E-state index contributed by atoms with van der Waals surface area (Å²) in [6.07, 6.45) is 1.80. The maximum Gasteiger partial charge on any atom is 0.335 e. The average molecular weight is 476 g/mol. The van der Waals surface area contributed by atoms with Gasteiger partial charge >= 0.3 is 11.9 Å². The molecule has 8 nitrogen and oxygen atoms in total. The smallest absolute Gasteiger partial charge is 0.335 e. The lowest BCUT2D eigenvalue weighted by atomic mass is 10.2. The third kappa shape index (κ3) is 4.38. The van der Waals surface area contributed by atoms with Gasteiger partial charge in [-0.1, -0.05) is 6.07 Å². The van der Waals surface area contributed by atoms with Crippen LogP contribution in [0.3, 0.4) is 0 Å². The molecule has 0 aliphatic carbocycles. The van der Waals surface area contributed by atoms with Crippen molar-refractivity contribution in [2.75, 3.05) is 7.05 Å². The van der Waals surface area contributed by atoms with Crippen molar-refractivity contribution in [2.45, 2.75) is 13.8 Å². The number of carboxylic acid groups (broad SMARTS) is 2. The third-order valence-electron chi connectivity index (χ3n) is 5.45. The van der Waals surface area contributed by atoms with Gasteiger partial charge in [0.15, 0.2) is 5.17 Å². The van der Waals surface area contributed by atoms with E-state index in [1.807, 2.05) is 30.5 Å². The molecule has 0 saturated carbocycles. The predicted octanol–water partition coefficient (Wildman–Crippen LogP) is 4.72. The normalized spacial score (nSPS) is 16.0. The molecule has 4 rings (SSSR count). The number of carbonyl (C=O) groups excluding carboxylic acids is 1. The zero-order chi connectivity index (χ0) is 24.6. The summed E-state index contributed by atoms with van der Waals surface area (Å²) in [5.74, 6) is -2.20. The summed E-state index contributed by atoms with van der Waals surface area (Å²) in [5, 5.41) is 18.8. The number of likely N-dealkylation sites (N-methyl/N-ethyl adjacent to an activating group) is 1. The Morgan fingerprint density at radius 3 is 2.29 bits per heavy atom. The first-order chi connectivity index (χ1) is 16.2. The Morgan fingerprint density at radius 1 is 0.971 bits per heavy atom. The largest absolute Gasteiger partial charge is 0.478 e. The molecule has 0 radical (unpaired) electrons. The molecule has 0 atom stereocenters. The third-order valence-corrected chi connectivity index (χ3v) is 6.51. The van der Waals surface area contributed by atoms with E-state index in [1.165, 1.54) is 28.8 Å². The fourth-order valence-corrected chi connectivity index (χ4v) is 4.67. The molecule has 9 heteroatoms. The Morgan fingerprint density at radius 2 is 1.65 bits per heavy atom. The minimum Gasteiger partial charge on any atom is -0.478 e. The number of benzene rings is 2. The SMILES string of the molecule is Cc1cc(C=C2SC(=Nc3ccc(C(=O)O)cc3)N(C)C2=O)c(C)n1-c1cccc(C(=O)O)c1. The van der Waals surface area contributed by atoms with Crippen LogP contribution in [0.4, 0.5) is 5.69 Å². The highest BCUT2D eigenvalue weighted by Gasteiger charge is 2.30. The van der Waals surface area contributed by atoms with Crippen molar-refractivity contribution in [3.05, 3.63) is 87.6 Å². The van der Waals surface area contributed by atoms with Crippen LogP contribution in [0.15, 0.2) is 64.5 Å². The zero-order valence-corrected chi connectivity index (χ0v) is 19.5. The molecule has 1 aliphatic heterocycles. The van der Waals surface area contributed by atoms with Crippen LogP contribution in [-0.2, 0) is 4.79 Å². The van der Waals surface area contributed by atoms with Gasteiger partial charge in [0.2, 0.25) is 0 Å². The molecule has 2 heterocycles. The van der Waals surface area contributed by atoms with Crippen LogP contribution >= 0.6 is 11.8 Å². The predicted molar refractivity (Wildman–Crippen MR) is 131 cm³/mol. The van der Waals surface area contributed by atoms with Crippen molar-refractivity contribution in [2.24, 2.45) is 4.99 Å². The second kappa shape index (κ2) is 9.03. The highest BCUT2D eigenvalue weighted by molar-refractivity contribution is 8.18. The van der Waals surface area contributed by atoms with E-state index >= 15 is 0 Å². The van der Waals surface area contributed by atoms with Crippen LogP contribution in [0.25, 0.3) is 11.8 Å². The Labute approximate surface area is 199 Å². The van der Waals surface area contributed by atoms with Gasteiger partial charge in [0.05, 0.1) is 21.7 Å². The van der Waals surface area contributed by atoms with Gasteiger partial charge in [-0.3, -0.25) is 9.69 Å². The molecule has 0 bridgehead atoms. The number of thioether (sulfide) groups is 1. The maximum atomic E-state index is 12.9. The van der Waals surface area contributed by atoms with E-state index in [0.717, 1.165) is 22.6 Å². The first-order valence-electron chi connectivity index (χ1n) is 10.3. The second-order valence-corrected chi connectivity index (χ2v) is 8.75. The van der Waals surface area contributed by atoms with Gasteiger partial charge in [-0.25, -0.2) is 14.6 Å². The number of carboxylic acids is 2. The van der Waals surface area contributed by atoms with Gasteiger partial charge in [0, 0.05) is 24.1 Å². The molecular weight excluding hydrogens is 454 g/mol. The molecule has 1 amide bonds. The number of aromatic carboxylic acids is 2. The van der Waals surface area contributed by atoms with Gasteiger partial charge in [-0.05, 0) is 85.8 Å². The minimum absolute atomic E-state index is 0.164. The van der Waals surface area contributed by atoms with E-state index in [0.29, 0.717) is 15.8 Å². The van der Waals surface area contributed by atoms with E-state index in [-0.39, 0.29) is 17.0 Å². The number of nitrogens with zero attached hydrogens (tertiary/aromatic N) is 3. The van der Waals surface area contributed by atoms with Crippen molar-refractivity contribution in [3.63, 3.8) is 0 Å². The second-order valence-electron chi connectivity index (χ2n) is 7.74. The molecule has 1 aromatic heterocycles. The van der Waals surface area contributed by atoms with E-state index < -0.39 is 11.9 Å². The molecule has 3 aromatic rings. The highest BCUT2D eigenvalue weighted by atomic mass is 32.2. The lowest BCUT2D eigenvalue weighted by molar-refractivity contribution is -0.121. The average Bonchev–Trinajstić information content (AvgIpc) is 3.23. The molecule has 172 valence electrons. The van der Waals surface area contributed by atoms with Crippen molar-refractivity contribution in [1.82, 2.24) is 9.47 Å². The summed E-state index contributed by atoms with van der Waals surface area (Å²) in [6, 6.07) is 14.8. The van der Waals surface area contributed by atoms with Crippen molar-refractivity contribution in [3.8, 4) is 5.69 Å². The van der Waals surface area contributed by atoms with Crippen LogP contribution in [0.2, 0.25) is 0 Å². The van der Waals surface area contributed by atoms with Gasteiger partial charge in [0.1, 0.15) is 0 Å². The summed E-state index contributed by atoms with van der Waals surface area (Å²) in [5.41, 5.74) is 4.26. The maximum absolute atomic E-state index is 12.9. The number of amidine groups is 1. The molecule has 34 heavy (non-hydrogen) atoms. The van der Waals surface area contributed by atoms with Gasteiger partial charge in [0.25, 0.3) is 5.91 Å². The molecule has 2 N–H and O–H groups in total. The van der Waals surface area contributed by atoms with Crippen molar-refractivity contribution in [1.29, 1.82) is 0 Å². The van der Waals surface area contributed by atoms with Gasteiger partial charge in [-0.15, -0.1) is 0 Å². The Kier molecular flexibility index (Phi) is 6.12. The number of amides is 1. The quantitative estimate of drug-likeness (QED) is 0.516. The number of aliphatic imine (C=N–C) groups is 1. The van der Waals surface area contributed by atoms with Gasteiger partial charge < -0.3 is 14.8 Å². The number of hydrogen-bond donors (Lipinski definition) is 2. The highest BCUT2D eigenvalue weighted by Crippen LogP contribution is 2.34. The Bertz CT molecular complexity index is 1390. The molecular formula is C25H21N3O5S. The van der Waals surface area contributed by atoms with E-state index in [9.17, 15) is 19.5 Å². The van der Waals surface area contributed by atoms with Gasteiger partial charge in [-0.2, -0.15) is 0 Å². The van der Waals surface area contributed by atoms with Crippen LogP contribution in [0.5, 0.6) is 0 Å². The number of carbonyl (C=O) groups is 3. The summed E-state index contributed by atoms with van der Waals surface area (Å²) in [7, 11) is 1.64. The summed E-state index contributed by atoms with van der Waals surface area (Å²) in [4.78, 5) is 41.7. The monoisotopic (exact) mass is 475 g/mol. The van der Waals surface area contributed by atoms with Crippen LogP contribution < -0.4 is 0 Å². The summed E-state index contributed by atoms with van der Waals surface area (Å²) >= 11 is 1.24. The molecule has 0 spiro atoms. The molecule has 1 fully saturated rings. The van der Waals surface area contributed by atoms with Crippen LogP contribution in [0, 0.1) is 13.8 Å². The van der Waals surface area contributed by atoms with Crippen LogP contribution in [0.1, 0.15) is 37.7 Å². The molecule has 2 aromatic carbocycles. The van der Waals surface area contributed by atoms with E-state index in [1.54, 1.807) is 43.5 Å². The molecule has 1 saturated heterocycles. The molecule has 0 unspecified atom stereocenters. The first-order valence-corrected chi connectivity index (χ1v) is 11.1. The summed E-state index contributed by atoms with van der Waals surface area (Å²) in [6.45, 7) is 3.84. The molecule has 1 aliphatic rings. The number of aryl methyl sites for hydroxylation is 1. The number of aromatic nitrogens is 1. The lowest BCUT2D eigenvalue weighted by Crippen LogP contribution is -2.23. The standard InChI is InChI=1S/C25H21N3O5S/c1-14-11-18(15(2)28(14)20-6-4-5-17(12-20)24(32)33)13-21-22(29)27(3)25(34-21)26-19-9-7-16(8-10-19)23(30)31/h4-13H,1-3H3,(H,30,31)(H,32,33). The fourth-order valence-electron chi connectivity index (χ4n) is 3.69. The topological polar surface area (TPSA) is 112 Å². The Balaban J connectivity index is 1.65. The first kappa shape index (κ1) is 23.1. The number of rotatable bonds is 5. The summed E-state index contributed by atoms with van der Waals surface area (Å²) < 4.78 is 1.95. The minimum atomic E-state index is -1.01. The van der Waals surface area contributed by atoms with Crippen molar-refractivity contribution >= 4 is 46.5 Å². The Hall–Kier alpha value is -4.11. The van der Waals surface area contributed by atoms with Crippen LogP contribution in [-0.4, -0.2) is 49.7 Å². The van der Waals surface area contributed by atoms with Crippen molar-refractivity contribution < 1.29 is 24.6 Å². The lowest BCUT2D eigenvalue weighted by Gasteiger charge is -2.10. The van der Waals surface area contributed by atoms with E-state index in [2.05, 4.69) is 4.99 Å². The number of hydrogen-bond acceptors (Lipinski definition) is 5.